The lowest BCUT2D eigenvalue weighted by atomic mass is 10.2. The molecule has 1 amide bonds. The molecule has 2 rings (SSSR count). The minimum Gasteiger partial charge on any atom is -0.369 e. The molecular weight excluding hydrogens is 254 g/mol. The summed E-state index contributed by atoms with van der Waals surface area (Å²) in [4.78, 5) is 24.8. The number of aromatic nitrogens is 4. The number of thioether (sulfide) groups is 1. The van der Waals surface area contributed by atoms with Crippen LogP contribution < -0.4 is 11.3 Å². The van der Waals surface area contributed by atoms with Gasteiger partial charge in [0.25, 0.3) is 5.56 Å². The zero-order valence-electron chi connectivity index (χ0n) is 9.84. The molecule has 0 saturated heterocycles. The molecule has 0 unspecified atom stereocenters. The Labute approximate surface area is 107 Å². The summed E-state index contributed by atoms with van der Waals surface area (Å²) in [5.41, 5.74) is 5.72. The molecule has 0 aromatic carbocycles. The Morgan fingerprint density at radius 1 is 1.56 bits per heavy atom. The van der Waals surface area contributed by atoms with E-state index < -0.39 is 5.91 Å². The van der Waals surface area contributed by atoms with Gasteiger partial charge in [0.2, 0.25) is 11.7 Å². The highest BCUT2D eigenvalue weighted by Crippen LogP contribution is 2.17. The first-order chi connectivity index (χ1) is 8.61. The Morgan fingerprint density at radius 2 is 2.33 bits per heavy atom. The molecule has 0 saturated carbocycles. The Balaban J connectivity index is 2.48. The van der Waals surface area contributed by atoms with Crippen LogP contribution in [0.5, 0.6) is 0 Å². The number of fused-ring (bicyclic) bond motifs is 1. The average molecular weight is 267 g/mol. The van der Waals surface area contributed by atoms with Gasteiger partial charge in [-0.15, -0.1) is 10.2 Å². The maximum absolute atomic E-state index is 11.4. The number of aryl methyl sites for hydroxylation is 1. The summed E-state index contributed by atoms with van der Waals surface area (Å²) < 4.78 is 1.75. The van der Waals surface area contributed by atoms with Gasteiger partial charge in [0.15, 0.2) is 5.16 Å². The van der Waals surface area contributed by atoms with Crippen molar-refractivity contribution in [2.45, 2.75) is 24.9 Å². The number of carbonyl (C=O) groups is 1. The van der Waals surface area contributed by atoms with Gasteiger partial charge in [-0.2, -0.15) is 0 Å². The van der Waals surface area contributed by atoms with Crippen molar-refractivity contribution in [2.24, 2.45) is 5.73 Å². The number of rotatable bonds is 5. The molecule has 18 heavy (non-hydrogen) atoms. The van der Waals surface area contributed by atoms with Crippen LogP contribution in [0.25, 0.3) is 5.78 Å². The van der Waals surface area contributed by atoms with Gasteiger partial charge in [-0.1, -0.05) is 25.1 Å². The molecular formula is C10H13N5O2S. The monoisotopic (exact) mass is 267 g/mol. The number of hydrogen-bond acceptors (Lipinski definition) is 5. The van der Waals surface area contributed by atoms with Crippen molar-refractivity contribution in [2.75, 3.05) is 5.75 Å². The molecule has 2 heterocycles. The van der Waals surface area contributed by atoms with Crippen molar-refractivity contribution in [1.82, 2.24) is 19.6 Å². The van der Waals surface area contributed by atoms with E-state index in [-0.39, 0.29) is 11.3 Å². The lowest BCUT2D eigenvalue weighted by Crippen LogP contribution is -2.14. The molecule has 0 aliphatic rings. The molecule has 2 aromatic rings. The van der Waals surface area contributed by atoms with Crippen LogP contribution in [-0.2, 0) is 11.2 Å². The van der Waals surface area contributed by atoms with Crippen LogP contribution in [0.15, 0.2) is 16.0 Å². The molecule has 0 spiro atoms. The van der Waals surface area contributed by atoms with E-state index in [9.17, 15) is 9.59 Å². The largest absolute Gasteiger partial charge is 0.369 e. The molecule has 0 fully saturated rings. The van der Waals surface area contributed by atoms with E-state index in [1.54, 1.807) is 4.40 Å². The highest BCUT2D eigenvalue weighted by atomic mass is 32.2. The van der Waals surface area contributed by atoms with E-state index in [4.69, 9.17) is 5.73 Å². The number of nitrogens with two attached hydrogens (primary N) is 1. The molecule has 8 heteroatoms. The zero-order valence-corrected chi connectivity index (χ0v) is 10.7. The molecule has 0 bridgehead atoms. The second-order valence-corrected chi connectivity index (χ2v) is 4.71. The fraction of sp³-hybridized carbons (Fsp3) is 0.400. The lowest BCUT2D eigenvalue weighted by molar-refractivity contribution is -0.115. The molecule has 0 aliphatic carbocycles. The quantitative estimate of drug-likeness (QED) is 0.739. The average Bonchev–Trinajstić information content (AvgIpc) is 2.69. The number of nitrogens with one attached hydrogen (secondary N) is 1. The van der Waals surface area contributed by atoms with Crippen LogP contribution in [0.1, 0.15) is 19.0 Å². The topological polar surface area (TPSA) is 106 Å². The molecule has 7 nitrogen and oxygen atoms in total. The van der Waals surface area contributed by atoms with Gasteiger partial charge in [0, 0.05) is 11.8 Å². The summed E-state index contributed by atoms with van der Waals surface area (Å²) in [6.07, 6.45) is 1.64. The molecule has 0 aliphatic heterocycles. The van der Waals surface area contributed by atoms with Crippen LogP contribution in [0.3, 0.4) is 0 Å². The SMILES string of the molecule is CCCc1cc(=O)[nH]c2nnc(SCC(N)=O)n12. The molecule has 0 atom stereocenters. The summed E-state index contributed by atoms with van der Waals surface area (Å²) in [6, 6.07) is 1.52. The number of hydrogen-bond donors (Lipinski definition) is 2. The highest BCUT2D eigenvalue weighted by molar-refractivity contribution is 7.99. The van der Waals surface area contributed by atoms with E-state index >= 15 is 0 Å². The number of aromatic amines is 1. The maximum Gasteiger partial charge on any atom is 0.252 e. The first-order valence-corrected chi connectivity index (χ1v) is 6.48. The van der Waals surface area contributed by atoms with Gasteiger partial charge >= 0.3 is 0 Å². The standard InChI is InChI=1S/C10H13N5O2S/c1-2-3-6-4-8(17)12-9-13-14-10(15(6)9)18-5-7(11)16/h4H,2-3,5H2,1H3,(H2,11,16)(H,12,13,17). The van der Waals surface area contributed by atoms with Crippen molar-refractivity contribution in [1.29, 1.82) is 0 Å². The third kappa shape index (κ3) is 2.53. The van der Waals surface area contributed by atoms with Crippen LogP contribution >= 0.6 is 11.8 Å². The van der Waals surface area contributed by atoms with Gasteiger partial charge in [0.05, 0.1) is 5.75 Å². The van der Waals surface area contributed by atoms with E-state index in [2.05, 4.69) is 15.2 Å². The number of amides is 1. The summed E-state index contributed by atoms with van der Waals surface area (Å²) in [5, 5.41) is 8.39. The van der Waals surface area contributed by atoms with Gasteiger partial charge in [-0.3, -0.25) is 19.0 Å². The van der Waals surface area contributed by atoms with Crippen molar-refractivity contribution in [3.8, 4) is 0 Å². The molecule has 3 N–H and O–H groups in total. The second-order valence-electron chi connectivity index (χ2n) is 3.77. The number of nitrogens with zero attached hydrogens (tertiary/aromatic N) is 3. The van der Waals surface area contributed by atoms with Crippen molar-refractivity contribution >= 4 is 23.4 Å². The van der Waals surface area contributed by atoms with E-state index in [1.165, 1.54) is 17.8 Å². The van der Waals surface area contributed by atoms with Crippen LogP contribution in [0, 0.1) is 0 Å². The van der Waals surface area contributed by atoms with Gasteiger partial charge in [-0.05, 0) is 6.42 Å². The fourth-order valence-electron chi connectivity index (χ4n) is 1.64. The zero-order chi connectivity index (χ0) is 13.1. The Kier molecular flexibility index (Phi) is 3.66. The predicted octanol–water partition coefficient (Wildman–Crippen LogP) is -0.0525. The first kappa shape index (κ1) is 12.6. The van der Waals surface area contributed by atoms with Crippen molar-refractivity contribution in [3.63, 3.8) is 0 Å². The van der Waals surface area contributed by atoms with Gasteiger partial charge in [0.1, 0.15) is 0 Å². The van der Waals surface area contributed by atoms with Gasteiger partial charge in [-0.25, -0.2) is 0 Å². The van der Waals surface area contributed by atoms with E-state index in [0.29, 0.717) is 10.9 Å². The maximum atomic E-state index is 11.4. The van der Waals surface area contributed by atoms with Gasteiger partial charge < -0.3 is 5.73 Å². The summed E-state index contributed by atoms with van der Waals surface area (Å²) in [7, 11) is 0. The molecule has 0 radical (unpaired) electrons. The number of primary amides is 1. The Bertz CT molecular complexity index is 633. The van der Waals surface area contributed by atoms with E-state index in [1.807, 2.05) is 6.92 Å². The number of carbonyl (C=O) groups excluding carboxylic acids is 1. The minimum atomic E-state index is -0.418. The van der Waals surface area contributed by atoms with Crippen LogP contribution in [-0.4, -0.2) is 31.2 Å². The van der Waals surface area contributed by atoms with Crippen LogP contribution in [0.4, 0.5) is 0 Å². The van der Waals surface area contributed by atoms with Crippen LogP contribution in [0.2, 0.25) is 0 Å². The summed E-state index contributed by atoms with van der Waals surface area (Å²) >= 11 is 1.20. The number of H-pyrrole nitrogens is 1. The molecule has 96 valence electrons. The second kappa shape index (κ2) is 5.21. The first-order valence-electron chi connectivity index (χ1n) is 5.50. The molecule has 2 aromatic heterocycles. The third-order valence-corrected chi connectivity index (χ3v) is 3.25. The predicted molar refractivity (Wildman–Crippen MR) is 67.5 cm³/mol. The Hall–Kier alpha value is -1.83. The van der Waals surface area contributed by atoms with Crippen molar-refractivity contribution in [3.05, 3.63) is 22.1 Å². The third-order valence-electron chi connectivity index (χ3n) is 2.30. The highest BCUT2D eigenvalue weighted by Gasteiger charge is 2.12. The Morgan fingerprint density at radius 3 is 3.00 bits per heavy atom. The summed E-state index contributed by atoms with van der Waals surface area (Å²) in [6.45, 7) is 2.02. The fourth-order valence-corrected chi connectivity index (χ4v) is 2.34. The van der Waals surface area contributed by atoms with E-state index in [0.717, 1.165) is 18.5 Å². The smallest absolute Gasteiger partial charge is 0.252 e. The normalized spacial score (nSPS) is 10.9. The minimum absolute atomic E-state index is 0.130. The summed E-state index contributed by atoms with van der Waals surface area (Å²) in [5.74, 6) is 0.0991. The lowest BCUT2D eigenvalue weighted by Gasteiger charge is -2.04. The van der Waals surface area contributed by atoms with Crippen molar-refractivity contribution < 1.29 is 4.79 Å².